The SMILES string of the molecule is COC(=O)C(C)OSc1ccc(C)cc1. The van der Waals surface area contributed by atoms with Gasteiger partial charge in [0.15, 0.2) is 6.10 Å². The summed E-state index contributed by atoms with van der Waals surface area (Å²) in [4.78, 5) is 12.0. The summed E-state index contributed by atoms with van der Waals surface area (Å²) in [6.07, 6.45) is -0.554. The molecule has 0 aromatic heterocycles. The van der Waals surface area contributed by atoms with Crippen molar-refractivity contribution in [1.82, 2.24) is 0 Å². The molecule has 1 unspecified atom stereocenters. The second kappa shape index (κ2) is 5.78. The van der Waals surface area contributed by atoms with E-state index in [1.54, 1.807) is 6.92 Å². The maximum Gasteiger partial charge on any atom is 0.336 e. The largest absolute Gasteiger partial charge is 0.467 e. The number of esters is 1. The molecule has 0 amide bonds. The number of ether oxygens (including phenoxy) is 1. The molecule has 0 aliphatic rings. The van der Waals surface area contributed by atoms with Crippen molar-refractivity contribution >= 4 is 18.0 Å². The van der Waals surface area contributed by atoms with Gasteiger partial charge in [-0.1, -0.05) is 17.7 Å². The van der Waals surface area contributed by atoms with Gasteiger partial charge < -0.3 is 4.74 Å². The highest BCUT2D eigenvalue weighted by Gasteiger charge is 2.14. The number of aryl methyl sites for hydroxylation is 1. The van der Waals surface area contributed by atoms with Crippen molar-refractivity contribution < 1.29 is 13.7 Å². The quantitative estimate of drug-likeness (QED) is 0.584. The molecule has 3 nitrogen and oxygen atoms in total. The van der Waals surface area contributed by atoms with Crippen molar-refractivity contribution in [2.75, 3.05) is 7.11 Å². The van der Waals surface area contributed by atoms with Crippen LogP contribution in [0.3, 0.4) is 0 Å². The minimum atomic E-state index is -0.554. The predicted molar refractivity (Wildman–Crippen MR) is 59.6 cm³/mol. The molecule has 0 saturated heterocycles. The van der Waals surface area contributed by atoms with E-state index in [0.717, 1.165) is 4.90 Å². The molecule has 0 aliphatic carbocycles. The Bertz CT molecular complexity index is 321. The molecule has 0 aliphatic heterocycles. The number of hydrogen-bond acceptors (Lipinski definition) is 4. The summed E-state index contributed by atoms with van der Waals surface area (Å²) in [6.45, 7) is 3.68. The van der Waals surface area contributed by atoms with Gasteiger partial charge in [-0.2, -0.15) is 0 Å². The maximum absolute atomic E-state index is 11.0. The van der Waals surface area contributed by atoms with Crippen molar-refractivity contribution in [2.24, 2.45) is 0 Å². The van der Waals surface area contributed by atoms with E-state index in [0.29, 0.717) is 0 Å². The third-order valence-electron chi connectivity index (χ3n) is 1.84. The molecule has 1 aromatic rings. The first-order valence-corrected chi connectivity index (χ1v) is 5.35. The van der Waals surface area contributed by atoms with Crippen LogP contribution < -0.4 is 0 Å². The number of hydrogen-bond donors (Lipinski definition) is 0. The Morgan fingerprint density at radius 1 is 1.33 bits per heavy atom. The molecule has 1 atom stereocenters. The topological polar surface area (TPSA) is 35.5 Å². The van der Waals surface area contributed by atoms with Crippen LogP contribution >= 0.6 is 12.0 Å². The highest BCUT2D eigenvalue weighted by Crippen LogP contribution is 2.21. The molecule has 1 aromatic carbocycles. The molecule has 0 spiro atoms. The van der Waals surface area contributed by atoms with Crippen molar-refractivity contribution in [1.29, 1.82) is 0 Å². The molecular weight excluding hydrogens is 212 g/mol. The Morgan fingerprint density at radius 2 is 1.93 bits per heavy atom. The average molecular weight is 226 g/mol. The molecule has 1 rings (SSSR count). The molecule has 0 heterocycles. The van der Waals surface area contributed by atoms with Crippen LogP contribution in [0.2, 0.25) is 0 Å². The first-order valence-electron chi connectivity index (χ1n) is 4.61. The van der Waals surface area contributed by atoms with Crippen LogP contribution in [0.25, 0.3) is 0 Å². The van der Waals surface area contributed by atoms with Crippen LogP contribution in [0, 0.1) is 6.92 Å². The third kappa shape index (κ3) is 3.93. The first-order chi connectivity index (χ1) is 7.13. The highest BCUT2D eigenvalue weighted by atomic mass is 32.2. The molecule has 0 radical (unpaired) electrons. The van der Waals surface area contributed by atoms with E-state index in [1.165, 1.54) is 24.7 Å². The molecule has 82 valence electrons. The Balaban J connectivity index is 2.43. The van der Waals surface area contributed by atoms with E-state index in [9.17, 15) is 4.79 Å². The lowest BCUT2D eigenvalue weighted by Crippen LogP contribution is -2.19. The van der Waals surface area contributed by atoms with Gasteiger partial charge >= 0.3 is 5.97 Å². The van der Waals surface area contributed by atoms with Crippen LogP contribution in [0.4, 0.5) is 0 Å². The summed E-state index contributed by atoms with van der Waals surface area (Å²) in [5.41, 5.74) is 1.19. The van der Waals surface area contributed by atoms with Gasteiger partial charge in [0, 0.05) is 16.9 Å². The van der Waals surface area contributed by atoms with Gasteiger partial charge in [0.05, 0.1) is 7.11 Å². The van der Waals surface area contributed by atoms with Crippen LogP contribution in [0.1, 0.15) is 12.5 Å². The lowest BCUT2D eigenvalue weighted by atomic mass is 10.2. The number of benzene rings is 1. The Kier molecular flexibility index (Phi) is 4.65. The van der Waals surface area contributed by atoms with Crippen molar-refractivity contribution in [3.05, 3.63) is 29.8 Å². The fourth-order valence-corrected chi connectivity index (χ4v) is 1.51. The Morgan fingerprint density at radius 3 is 2.47 bits per heavy atom. The third-order valence-corrected chi connectivity index (χ3v) is 2.69. The van der Waals surface area contributed by atoms with Crippen LogP contribution in [0.15, 0.2) is 29.2 Å². The minimum Gasteiger partial charge on any atom is -0.467 e. The van der Waals surface area contributed by atoms with Gasteiger partial charge in [0.2, 0.25) is 0 Å². The fraction of sp³-hybridized carbons (Fsp3) is 0.364. The average Bonchev–Trinajstić information content (AvgIpc) is 2.26. The van der Waals surface area contributed by atoms with E-state index in [1.807, 2.05) is 31.2 Å². The van der Waals surface area contributed by atoms with Crippen LogP contribution in [-0.2, 0) is 13.7 Å². The van der Waals surface area contributed by atoms with Gasteiger partial charge in [0.1, 0.15) is 0 Å². The van der Waals surface area contributed by atoms with Gasteiger partial charge in [-0.25, -0.2) is 4.79 Å². The fourth-order valence-electron chi connectivity index (χ4n) is 0.927. The Labute approximate surface area is 94.0 Å². The van der Waals surface area contributed by atoms with Crippen molar-refractivity contribution in [3.8, 4) is 0 Å². The molecule has 0 saturated carbocycles. The zero-order valence-electron chi connectivity index (χ0n) is 9.02. The van der Waals surface area contributed by atoms with Gasteiger partial charge in [-0.15, -0.1) is 0 Å². The molecule has 0 fully saturated rings. The summed E-state index contributed by atoms with van der Waals surface area (Å²) in [7, 11) is 1.35. The van der Waals surface area contributed by atoms with Crippen molar-refractivity contribution in [2.45, 2.75) is 24.8 Å². The zero-order valence-corrected chi connectivity index (χ0v) is 9.84. The summed E-state index contributed by atoms with van der Waals surface area (Å²) in [5.74, 6) is -0.366. The molecule has 0 N–H and O–H groups in total. The first kappa shape index (κ1) is 12.1. The predicted octanol–water partition coefficient (Wildman–Crippen LogP) is 2.58. The summed E-state index contributed by atoms with van der Waals surface area (Å²) in [5, 5.41) is 0. The normalized spacial score (nSPS) is 12.2. The van der Waals surface area contributed by atoms with Crippen LogP contribution in [0.5, 0.6) is 0 Å². The molecule has 4 heteroatoms. The van der Waals surface area contributed by atoms with E-state index in [2.05, 4.69) is 4.74 Å². The van der Waals surface area contributed by atoms with E-state index in [-0.39, 0.29) is 5.97 Å². The summed E-state index contributed by atoms with van der Waals surface area (Å²) < 4.78 is 9.80. The summed E-state index contributed by atoms with van der Waals surface area (Å²) in [6, 6.07) is 7.89. The lowest BCUT2D eigenvalue weighted by Gasteiger charge is -2.08. The van der Waals surface area contributed by atoms with Crippen molar-refractivity contribution in [3.63, 3.8) is 0 Å². The monoisotopic (exact) mass is 226 g/mol. The van der Waals surface area contributed by atoms with E-state index in [4.69, 9.17) is 4.18 Å². The van der Waals surface area contributed by atoms with Gasteiger partial charge in [-0.3, -0.25) is 4.18 Å². The van der Waals surface area contributed by atoms with Crippen LogP contribution in [-0.4, -0.2) is 19.2 Å². The smallest absolute Gasteiger partial charge is 0.336 e. The minimum absolute atomic E-state index is 0.366. The van der Waals surface area contributed by atoms with Gasteiger partial charge in [-0.05, 0) is 26.0 Å². The van der Waals surface area contributed by atoms with E-state index < -0.39 is 6.10 Å². The lowest BCUT2D eigenvalue weighted by molar-refractivity contribution is -0.147. The number of carbonyl (C=O) groups excluding carboxylic acids is 1. The second-order valence-corrected chi connectivity index (χ2v) is 3.99. The Hall–Kier alpha value is -1.00. The highest BCUT2D eigenvalue weighted by molar-refractivity contribution is 7.94. The molecular formula is C11H14O3S. The molecule has 0 bridgehead atoms. The number of methoxy groups -OCH3 is 1. The van der Waals surface area contributed by atoms with E-state index >= 15 is 0 Å². The van der Waals surface area contributed by atoms with Gasteiger partial charge in [0.25, 0.3) is 0 Å². The summed E-state index contributed by atoms with van der Waals surface area (Å²) >= 11 is 1.18. The maximum atomic E-state index is 11.0. The standard InChI is InChI=1S/C11H14O3S/c1-8-4-6-10(7-5-8)15-14-9(2)11(12)13-3/h4-7,9H,1-3H3. The zero-order chi connectivity index (χ0) is 11.3. The number of rotatable bonds is 4. The second-order valence-electron chi connectivity index (χ2n) is 3.16. The molecule has 15 heavy (non-hydrogen) atoms. The number of carbonyl (C=O) groups is 1.